The van der Waals surface area contributed by atoms with Crippen molar-refractivity contribution in [2.45, 2.75) is 26.8 Å². The van der Waals surface area contributed by atoms with Crippen molar-refractivity contribution in [2.24, 2.45) is 0 Å². The third kappa shape index (κ3) is 3.42. The van der Waals surface area contributed by atoms with Crippen molar-refractivity contribution in [1.82, 2.24) is 5.32 Å². The van der Waals surface area contributed by atoms with Crippen LogP contribution in [0.25, 0.3) is 11.1 Å². The fourth-order valence-corrected chi connectivity index (χ4v) is 2.20. The van der Waals surface area contributed by atoms with E-state index >= 15 is 0 Å². The van der Waals surface area contributed by atoms with E-state index in [1.54, 1.807) is 25.1 Å². The fourth-order valence-electron chi connectivity index (χ4n) is 2.20. The van der Waals surface area contributed by atoms with Gasteiger partial charge >= 0.3 is 0 Å². The number of aryl methyl sites for hydroxylation is 1. The molecule has 0 fully saturated rings. The van der Waals surface area contributed by atoms with Gasteiger partial charge in [0.1, 0.15) is 11.6 Å². The Labute approximate surface area is 118 Å². The molecule has 1 nitrogen and oxygen atoms in total. The molecule has 0 unspecified atom stereocenters. The topological polar surface area (TPSA) is 12.0 Å². The highest BCUT2D eigenvalue weighted by atomic mass is 19.1. The quantitative estimate of drug-likeness (QED) is 0.795. The van der Waals surface area contributed by atoms with Crippen LogP contribution in [0.3, 0.4) is 0 Å². The van der Waals surface area contributed by atoms with Gasteiger partial charge in [0.2, 0.25) is 0 Å². The second kappa shape index (κ2) is 6.62. The molecule has 2 aromatic carbocycles. The smallest absolute Gasteiger partial charge is 0.126 e. The molecule has 3 heteroatoms. The van der Waals surface area contributed by atoms with E-state index in [1.165, 1.54) is 18.2 Å². The minimum absolute atomic E-state index is 0.221. The summed E-state index contributed by atoms with van der Waals surface area (Å²) in [6.45, 7) is 5.32. The van der Waals surface area contributed by atoms with Crippen molar-refractivity contribution in [3.05, 3.63) is 59.2 Å². The molecule has 0 amide bonds. The van der Waals surface area contributed by atoms with Gasteiger partial charge < -0.3 is 5.32 Å². The van der Waals surface area contributed by atoms with Crippen molar-refractivity contribution < 1.29 is 8.78 Å². The molecule has 0 spiro atoms. The third-order valence-corrected chi connectivity index (χ3v) is 3.28. The van der Waals surface area contributed by atoms with Gasteiger partial charge in [0.25, 0.3) is 0 Å². The molecule has 0 bridgehead atoms. The van der Waals surface area contributed by atoms with Crippen LogP contribution in [0.4, 0.5) is 8.78 Å². The first-order valence-corrected chi connectivity index (χ1v) is 6.87. The first-order chi connectivity index (χ1) is 9.61. The molecular formula is C17H19F2N. The first-order valence-electron chi connectivity index (χ1n) is 6.87. The van der Waals surface area contributed by atoms with Gasteiger partial charge in [0.15, 0.2) is 0 Å². The Morgan fingerprint density at radius 2 is 1.85 bits per heavy atom. The van der Waals surface area contributed by atoms with Crippen molar-refractivity contribution in [1.29, 1.82) is 0 Å². The van der Waals surface area contributed by atoms with Gasteiger partial charge in [0.05, 0.1) is 0 Å². The van der Waals surface area contributed by atoms with E-state index in [9.17, 15) is 8.78 Å². The molecule has 1 N–H and O–H groups in total. The molecule has 0 aliphatic heterocycles. The Hall–Kier alpha value is -1.74. The average Bonchev–Trinajstić information content (AvgIpc) is 2.43. The van der Waals surface area contributed by atoms with Crippen molar-refractivity contribution in [2.75, 3.05) is 6.54 Å². The van der Waals surface area contributed by atoms with Crippen LogP contribution in [0.2, 0.25) is 0 Å². The molecule has 0 saturated heterocycles. The number of halogens is 2. The van der Waals surface area contributed by atoms with Crippen LogP contribution in [0.15, 0.2) is 36.4 Å². The van der Waals surface area contributed by atoms with Crippen molar-refractivity contribution in [3.8, 4) is 11.1 Å². The van der Waals surface area contributed by atoms with E-state index in [-0.39, 0.29) is 11.6 Å². The molecule has 0 aliphatic carbocycles. The lowest BCUT2D eigenvalue weighted by Gasteiger charge is -2.12. The largest absolute Gasteiger partial charge is 0.313 e. The zero-order chi connectivity index (χ0) is 14.5. The highest BCUT2D eigenvalue weighted by molar-refractivity contribution is 5.68. The summed E-state index contributed by atoms with van der Waals surface area (Å²) in [5.41, 5.74) is 3.35. The van der Waals surface area contributed by atoms with Crippen LogP contribution >= 0.6 is 0 Å². The number of hydrogen-bond donors (Lipinski definition) is 1. The van der Waals surface area contributed by atoms with Gasteiger partial charge in [-0.25, -0.2) is 8.78 Å². The molecule has 2 rings (SSSR count). The van der Waals surface area contributed by atoms with E-state index in [0.717, 1.165) is 29.7 Å². The minimum Gasteiger partial charge on any atom is -0.313 e. The molecule has 20 heavy (non-hydrogen) atoms. The second-order valence-electron chi connectivity index (χ2n) is 4.94. The molecule has 0 aliphatic rings. The van der Waals surface area contributed by atoms with Gasteiger partial charge in [-0.2, -0.15) is 0 Å². The minimum atomic E-state index is -0.249. The summed E-state index contributed by atoms with van der Waals surface area (Å²) in [7, 11) is 0. The highest BCUT2D eigenvalue weighted by Gasteiger charge is 2.08. The standard InChI is InChI=1S/C17H19F2N/c1-3-8-20-11-14-10-15(18)5-6-16(14)13-4-7-17(19)12(2)9-13/h4-7,9-10,20H,3,8,11H2,1-2H3. The van der Waals surface area contributed by atoms with Crippen LogP contribution in [-0.4, -0.2) is 6.54 Å². The Morgan fingerprint density at radius 1 is 1.05 bits per heavy atom. The third-order valence-electron chi connectivity index (χ3n) is 3.28. The van der Waals surface area contributed by atoms with Gasteiger partial charge in [-0.3, -0.25) is 0 Å². The Morgan fingerprint density at radius 3 is 2.55 bits per heavy atom. The lowest BCUT2D eigenvalue weighted by molar-refractivity contribution is 0.617. The Balaban J connectivity index is 2.36. The van der Waals surface area contributed by atoms with Crippen LogP contribution < -0.4 is 5.32 Å². The van der Waals surface area contributed by atoms with E-state index in [4.69, 9.17) is 0 Å². The number of nitrogens with one attached hydrogen (secondary N) is 1. The van der Waals surface area contributed by atoms with Crippen molar-refractivity contribution >= 4 is 0 Å². The Kier molecular flexibility index (Phi) is 4.85. The number of benzene rings is 2. The van der Waals surface area contributed by atoms with Gasteiger partial charge in [-0.05, 0) is 66.4 Å². The zero-order valence-electron chi connectivity index (χ0n) is 11.8. The number of hydrogen-bond acceptors (Lipinski definition) is 1. The predicted octanol–water partition coefficient (Wildman–Crippen LogP) is 4.44. The molecule has 2 aromatic rings. The summed E-state index contributed by atoms with van der Waals surface area (Å²) >= 11 is 0. The van der Waals surface area contributed by atoms with Gasteiger partial charge in [0, 0.05) is 6.54 Å². The SMILES string of the molecule is CCCNCc1cc(F)ccc1-c1ccc(F)c(C)c1. The van der Waals surface area contributed by atoms with Crippen molar-refractivity contribution in [3.63, 3.8) is 0 Å². The Bertz CT molecular complexity index is 594. The van der Waals surface area contributed by atoms with Gasteiger partial charge in [-0.1, -0.05) is 19.1 Å². The average molecular weight is 275 g/mol. The van der Waals surface area contributed by atoms with Crippen LogP contribution in [0.5, 0.6) is 0 Å². The van der Waals surface area contributed by atoms with E-state index < -0.39 is 0 Å². The summed E-state index contributed by atoms with van der Waals surface area (Å²) in [4.78, 5) is 0. The maximum atomic E-state index is 13.4. The summed E-state index contributed by atoms with van der Waals surface area (Å²) in [6, 6.07) is 9.72. The highest BCUT2D eigenvalue weighted by Crippen LogP contribution is 2.26. The molecule has 0 heterocycles. The zero-order valence-corrected chi connectivity index (χ0v) is 11.8. The summed E-state index contributed by atoms with van der Waals surface area (Å²) in [5.74, 6) is -0.470. The van der Waals surface area contributed by atoms with E-state index in [0.29, 0.717) is 12.1 Å². The maximum absolute atomic E-state index is 13.4. The van der Waals surface area contributed by atoms with Crippen LogP contribution in [0.1, 0.15) is 24.5 Å². The summed E-state index contributed by atoms with van der Waals surface area (Å²) < 4.78 is 26.8. The van der Waals surface area contributed by atoms with Gasteiger partial charge in [-0.15, -0.1) is 0 Å². The second-order valence-corrected chi connectivity index (χ2v) is 4.94. The maximum Gasteiger partial charge on any atom is 0.126 e. The van der Waals surface area contributed by atoms with E-state index in [2.05, 4.69) is 12.2 Å². The van der Waals surface area contributed by atoms with Crippen LogP contribution in [-0.2, 0) is 6.54 Å². The molecule has 0 saturated carbocycles. The lowest BCUT2D eigenvalue weighted by Crippen LogP contribution is -2.14. The fraction of sp³-hybridized carbons (Fsp3) is 0.294. The summed E-state index contributed by atoms with van der Waals surface area (Å²) in [6.07, 6.45) is 1.03. The number of rotatable bonds is 5. The predicted molar refractivity (Wildman–Crippen MR) is 78.5 cm³/mol. The first kappa shape index (κ1) is 14.7. The summed E-state index contributed by atoms with van der Waals surface area (Å²) in [5, 5.41) is 3.27. The molecule has 0 radical (unpaired) electrons. The molecule has 0 aromatic heterocycles. The normalized spacial score (nSPS) is 10.8. The monoisotopic (exact) mass is 275 g/mol. The molecule has 0 atom stereocenters. The molecule has 106 valence electrons. The lowest BCUT2D eigenvalue weighted by atomic mass is 9.98. The van der Waals surface area contributed by atoms with Crippen LogP contribution in [0, 0.1) is 18.6 Å². The van der Waals surface area contributed by atoms with E-state index in [1.807, 2.05) is 0 Å². The molecular weight excluding hydrogens is 256 g/mol.